The fourth-order valence-electron chi connectivity index (χ4n) is 4.55. The van der Waals surface area contributed by atoms with E-state index in [0.717, 1.165) is 4.90 Å². The molecule has 0 saturated heterocycles. The van der Waals surface area contributed by atoms with Crippen LogP contribution < -0.4 is 5.32 Å². The van der Waals surface area contributed by atoms with Gasteiger partial charge in [0, 0.05) is 24.5 Å². The van der Waals surface area contributed by atoms with E-state index in [0.29, 0.717) is 5.56 Å². The summed E-state index contributed by atoms with van der Waals surface area (Å²) >= 11 is 6.02. The molecule has 10 heteroatoms. The Morgan fingerprint density at radius 2 is 1.85 bits per heavy atom. The van der Waals surface area contributed by atoms with Crippen molar-refractivity contribution in [1.82, 2.24) is 15.2 Å². The lowest BCUT2D eigenvalue weighted by Crippen LogP contribution is -2.66. The van der Waals surface area contributed by atoms with Crippen LogP contribution in [0.15, 0.2) is 60.1 Å². The van der Waals surface area contributed by atoms with Crippen molar-refractivity contribution in [3.63, 3.8) is 0 Å². The molecule has 1 atom stereocenters. The summed E-state index contributed by atoms with van der Waals surface area (Å²) in [5, 5.41) is 1.79. The quantitative estimate of drug-likeness (QED) is 0.685. The van der Waals surface area contributed by atoms with Crippen molar-refractivity contribution in [1.29, 1.82) is 0 Å². The molecule has 2 amide bonds. The number of rotatable bonds is 4. The zero-order valence-corrected chi connectivity index (χ0v) is 19.1. The molecule has 1 aliphatic heterocycles. The van der Waals surface area contributed by atoms with Crippen LogP contribution in [0, 0.1) is 5.41 Å². The van der Waals surface area contributed by atoms with Crippen LogP contribution in [0.2, 0.25) is 5.02 Å². The first-order valence-corrected chi connectivity index (χ1v) is 10.9. The van der Waals surface area contributed by atoms with Crippen LogP contribution in [0.5, 0.6) is 0 Å². The molecule has 0 radical (unpaired) electrons. The first kappa shape index (κ1) is 23.9. The zero-order valence-electron chi connectivity index (χ0n) is 18.4. The summed E-state index contributed by atoms with van der Waals surface area (Å²) in [4.78, 5) is 44.6. The highest BCUT2D eigenvalue weighted by Gasteiger charge is 2.71. The molecule has 1 N–H and O–H groups in total. The Bertz CT molecular complexity index is 1210. The molecule has 1 aromatic carbocycles. The highest BCUT2D eigenvalue weighted by atomic mass is 35.5. The van der Waals surface area contributed by atoms with Gasteiger partial charge < -0.3 is 10.2 Å². The van der Waals surface area contributed by atoms with Gasteiger partial charge in [0.05, 0.1) is 22.7 Å². The van der Waals surface area contributed by atoms with Crippen LogP contribution >= 0.6 is 11.6 Å². The van der Waals surface area contributed by atoms with E-state index >= 15 is 0 Å². The number of alkyl halides is 3. The normalized spacial score (nSPS) is 22.1. The second-order valence-corrected chi connectivity index (χ2v) is 9.60. The molecule has 0 fully saturated rings. The number of benzene rings is 1. The summed E-state index contributed by atoms with van der Waals surface area (Å²) in [6.07, 6.45) is -2.50. The lowest BCUT2D eigenvalue weighted by atomic mass is 9.72. The number of nitrogens with one attached hydrogen (secondary N) is 1. The molecule has 2 aliphatic rings. The number of nitrogens with zero attached hydrogens (tertiary/aromatic N) is 2. The first-order chi connectivity index (χ1) is 15.9. The van der Waals surface area contributed by atoms with Gasteiger partial charge in [-0.15, -0.1) is 0 Å². The van der Waals surface area contributed by atoms with Gasteiger partial charge in [0.1, 0.15) is 0 Å². The minimum absolute atomic E-state index is 0.0353. The summed E-state index contributed by atoms with van der Waals surface area (Å²) in [6, 6.07) is 8.76. The van der Waals surface area contributed by atoms with Crippen molar-refractivity contribution in [2.75, 3.05) is 0 Å². The van der Waals surface area contributed by atoms with E-state index in [9.17, 15) is 27.6 Å². The molecule has 6 nitrogen and oxygen atoms in total. The monoisotopic (exact) mass is 491 g/mol. The highest BCUT2D eigenvalue weighted by molar-refractivity contribution is 6.34. The maximum Gasteiger partial charge on any atom is 0.425 e. The fraction of sp³-hybridized carbons (Fsp3) is 0.333. The number of amides is 2. The molecule has 178 valence electrons. The maximum absolute atomic E-state index is 14.8. The highest BCUT2D eigenvalue weighted by Crippen LogP contribution is 2.52. The van der Waals surface area contributed by atoms with Crippen molar-refractivity contribution in [2.24, 2.45) is 5.41 Å². The van der Waals surface area contributed by atoms with Crippen LogP contribution in [-0.4, -0.2) is 39.2 Å². The second-order valence-electron chi connectivity index (χ2n) is 9.20. The number of pyridine rings is 1. The average molecular weight is 492 g/mol. The molecule has 0 bridgehead atoms. The number of allylic oxidation sites excluding steroid dienone is 1. The Hall–Kier alpha value is -3.20. The summed E-state index contributed by atoms with van der Waals surface area (Å²) in [5.74, 6) is -3.46. The third-order valence-corrected chi connectivity index (χ3v) is 6.36. The number of ketones is 1. The van der Waals surface area contributed by atoms with Crippen LogP contribution in [0.4, 0.5) is 13.2 Å². The molecule has 0 unspecified atom stereocenters. The Kier molecular flexibility index (Phi) is 5.80. The number of hydrogen-bond acceptors (Lipinski definition) is 4. The van der Waals surface area contributed by atoms with Crippen LogP contribution in [0.1, 0.15) is 42.6 Å². The molecule has 2 aromatic rings. The smallest absolute Gasteiger partial charge is 0.326 e. The second kappa shape index (κ2) is 8.23. The Morgan fingerprint density at radius 1 is 1.15 bits per heavy atom. The molecular weight excluding hydrogens is 471 g/mol. The van der Waals surface area contributed by atoms with Crippen LogP contribution in [-0.2, 0) is 16.1 Å². The predicted octanol–water partition coefficient (Wildman–Crippen LogP) is 4.45. The summed E-state index contributed by atoms with van der Waals surface area (Å²) < 4.78 is 44.4. The molecule has 2 heterocycles. The van der Waals surface area contributed by atoms with E-state index in [2.05, 4.69) is 4.98 Å². The number of hydrogen-bond donors (Lipinski definition) is 1. The van der Waals surface area contributed by atoms with Gasteiger partial charge in [0.25, 0.3) is 11.8 Å². The van der Waals surface area contributed by atoms with Gasteiger partial charge in [0.15, 0.2) is 5.78 Å². The minimum Gasteiger partial charge on any atom is -0.326 e. The van der Waals surface area contributed by atoms with Gasteiger partial charge in [0.2, 0.25) is 5.54 Å². The van der Waals surface area contributed by atoms with Gasteiger partial charge in [-0.25, -0.2) is 0 Å². The summed E-state index contributed by atoms with van der Waals surface area (Å²) in [5.41, 5.74) is -4.71. The van der Waals surface area contributed by atoms with E-state index < -0.39 is 40.3 Å². The minimum atomic E-state index is -5.29. The third kappa shape index (κ3) is 3.87. The fourth-order valence-corrected chi connectivity index (χ4v) is 4.77. The van der Waals surface area contributed by atoms with Crippen LogP contribution in [0.25, 0.3) is 0 Å². The van der Waals surface area contributed by atoms with Crippen molar-refractivity contribution in [2.45, 2.75) is 44.9 Å². The molecule has 1 aliphatic carbocycles. The SMILES string of the molecule is CC1(C)CC(=O)C2=C(C1)N(Cc1cccnc1)C(=O)[C@@]2(NC(=O)c1ccccc1Cl)C(F)(F)F. The van der Waals surface area contributed by atoms with Crippen molar-refractivity contribution >= 4 is 29.2 Å². The Balaban J connectivity index is 1.89. The van der Waals surface area contributed by atoms with E-state index in [1.165, 1.54) is 36.7 Å². The van der Waals surface area contributed by atoms with Gasteiger partial charge in [-0.1, -0.05) is 43.6 Å². The molecular formula is C24H21ClF3N3O3. The molecule has 0 saturated carbocycles. The summed E-state index contributed by atoms with van der Waals surface area (Å²) in [6.45, 7) is 3.27. The lowest BCUT2D eigenvalue weighted by molar-refractivity contribution is -0.190. The van der Waals surface area contributed by atoms with Gasteiger partial charge in [-0.3, -0.25) is 19.4 Å². The number of carbonyl (C=O) groups is 3. The lowest BCUT2D eigenvalue weighted by Gasteiger charge is -2.35. The van der Waals surface area contributed by atoms with Gasteiger partial charge in [-0.05, 0) is 35.6 Å². The van der Waals surface area contributed by atoms with Crippen LogP contribution in [0.3, 0.4) is 0 Å². The molecule has 1 aromatic heterocycles. The maximum atomic E-state index is 14.8. The Labute approximate surface area is 198 Å². The Morgan fingerprint density at radius 3 is 2.47 bits per heavy atom. The zero-order chi connectivity index (χ0) is 24.9. The predicted molar refractivity (Wildman–Crippen MR) is 118 cm³/mol. The molecule has 4 rings (SSSR count). The van der Waals surface area contributed by atoms with Gasteiger partial charge in [-0.2, -0.15) is 13.2 Å². The number of carbonyl (C=O) groups excluding carboxylic acids is 3. The number of aromatic nitrogens is 1. The van der Waals surface area contributed by atoms with Gasteiger partial charge >= 0.3 is 6.18 Å². The largest absolute Gasteiger partial charge is 0.425 e. The third-order valence-electron chi connectivity index (χ3n) is 6.03. The standard InChI is InChI=1S/C24H21ClF3N3O3/c1-22(2)10-17-19(18(32)11-22)23(24(26,27)28,30-20(33)15-7-3-4-8-16(15)25)21(34)31(17)13-14-6-5-9-29-12-14/h3-9,12H,10-11,13H2,1-2H3,(H,30,33)/t23-/m1/s1. The first-order valence-electron chi connectivity index (χ1n) is 10.5. The van der Waals surface area contributed by atoms with E-state index in [-0.39, 0.29) is 35.7 Å². The van der Waals surface area contributed by atoms with Crippen molar-refractivity contribution in [3.05, 3.63) is 76.2 Å². The van der Waals surface area contributed by atoms with E-state index in [1.54, 1.807) is 26.0 Å². The molecule has 34 heavy (non-hydrogen) atoms. The van der Waals surface area contributed by atoms with Crippen molar-refractivity contribution in [3.8, 4) is 0 Å². The topological polar surface area (TPSA) is 79.4 Å². The summed E-state index contributed by atoms with van der Waals surface area (Å²) in [7, 11) is 0. The average Bonchev–Trinajstić information content (AvgIpc) is 2.97. The van der Waals surface area contributed by atoms with E-state index in [4.69, 9.17) is 11.6 Å². The van der Waals surface area contributed by atoms with E-state index in [1.807, 2.05) is 5.32 Å². The number of Topliss-reactive ketones (excluding diaryl/α,β-unsaturated/α-hetero) is 1. The molecule has 0 spiro atoms. The van der Waals surface area contributed by atoms with Crippen molar-refractivity contribution < 1.29 is 27.6 Å². The number of halogens is 4.